The molecule has 0 atom stereocenters. The van der Waals surface area contributed by atoms with Gasteiger partial charge in [-0.2, -0.15) is 0 Å². The topological polar surface area (TPSA) is 116 Å². The van der Waals surface area contributed by atoms with Crippen molar-refractivity contribution in [1.82, 2.24) is 5.32 Å². The largest absolute Gasteiger partial charge is 0.431 e. The number of nitrogens with one attached hydrogen (secondary N) is 1. The first kappa shape index (κ1) is 21.9. The fourth-order valence-corrected chi connectivity index (χ4v) is 1.36. The van der Waals surface area contributed by atoms with Crippen molar-refractivity contribution < 1.29 is 28.5 Å². The van der Waals surface area contributed by atoms with E-state index in [1.54, 1.807) is 7.11 Å². The molecule has 10 nitrogen and oxygen atoms in total. The summed E-state index contributed by atoms with van der Waals surface area (Å²) in [4.78, 5) is 6.96. The van der Waals surface area contributed by atoms with Crippen LogP contribution in [0.1, 0.15) is 0 Å². The Kier molecular flexibility index (Phi) is 19.8. The van der Waals surface area contributed by atoms with E-state index in [1.807, 2.05) is 0 Å². The molecule has 0 radical (unpaired) electrons. The molecule has 0 unspecified atom stereocenters. The molecule has 0 fully saturated rings. The van der Waals surface area contributed by atoms with E-state index in [2.05, 4.69) is 20.3 Å². The van der Waals surface area contributed by atoms with Crippen molar-refractivity contribution in [2.45, 2.75) is 0 Å². The maximum atomic E-state index is 7.96. The number of rotatable bonds is 19. The van der Waals surface area contributed by atoms with Gasteiger partial charge in [-0.1, -0.05) is 0 Å². The van der Waals surface area contributed by atoms with Gasteiger partial charge < -0.3 is 33.8 Å². The van der Waals surface area contributed by atoms with Gasteiger partial charge in [-0.25, -0.2) is 0 Å². The van der Waals surface area contributed by atoms with Crippen LogP contribution < -0.4 is 5.32 Å². The maximum Gasteiger partial charge on any atom is 0.120 e. The van der Waals surface area contributed by atoms with Crippen LogP contribution in [-0.2, 0) is 28.5 Å². The zero-order valence-corrected chi connectivity index (χ0v) is 13.8. The zero-order chi connectivity index (χ0) is 16.8. The first-order valence-electron chi connectivity index (χ1n) is 7.58. The van der Waals surface area contributed by atoms with Gasteiger partial charge in [0.1, 0.15) is 11.9 Å². The van der Waals surface area contributed by atoms with Crippen LogP contribution in [0.2, 0.25) is 0 Å². The van der Waals surface area contributed by atoms with Crippen molar-refractivity contribution in [3.05, 3.63) is 10.4 Å². The lowest BCUT2D eigenvalue weighted by Crippen LogP contribution is -2.25. The summed E-state index contributed by atoms with van der Waals surface area (Å²) in [5.41, 5.74) is 7.96. The summed E-state index contributed by atoms with van der Waals surface area (Å²) in [6.07, 6.45) is 0. The lowest BCUT2D eigenvalue weighted by atomic mass is 10.6. The van der Waals surface area contributed by atoms with E-state index < -0.39 is 0 Å². The van der Waals surface area contributed by atoms with Crippen LogP contribution in [-0.4, -0.2) is 86.3 Å². The van der Waals surface area contributed by atoms with Gasteiger partial charge in [0.2, 0.25) is 0 Å². The highest BCUT2D eigenvalue weighted by Gasteiger charge is 1.93. The first-order valence-corrected chi connectivity index (χ1v) is 7.58. The molecular weight excluding hydrogens is 308 g/mol. The predicted molar refractivity (Wildman–Crippen MR) is 83.1 cm³/mol. The maximum absolute atomic E-state index is 7.96. The van der Waals surface area contributed by atoms with Gasteiger partial charge in [-0.05, 0) is 5.53 Å². The summed E-state index contributed by atoms with van der Waals surface area (Å²) in [5, 5.41) is 6.13. The summed E-state index contributed by atoms with van der Waals surface area (Å²) >= 11 is 0. The predicted octanol–water partition coefficient (Wildman–Crippen LogP) is 0.531. The minimum absolute atomic E-state index is 0.239. The Bertz CT molecular complexity index is 279. The van der Waals surface area contributed by atoms with E-state index >= 15 is 0 Å². The summed E-state index contributed by atoms with van der Waals surface area (Å²) in [7, 11) is 1.64. The van der Waals surface area contributed by atoms with Crippen molar-refractivity contribution >= 4 is 0 Å². The molecule has 10 heteroatoms. The molecule has 0 aromatic rings. The van der Waals surface area contributed by atoms with Gasteiger partial charge in [-0.3, -0.25) is 0 Å². The number of nitrogens with zero attached hydrogens (tertiary/aromatic N) is 3. The standard InChI is InChI=1S/C13H28N4O6/c1-18-6-7-21-10-8-19-4-2-15-3-5-20-9-11-22-12-13-23-17-16-14/h15H,2-13H2,1H3. The SMILES string of the molecule is COCCOCCOCCNCCOCCOCCON=[N+]=[N-]. The Hall–Kier alpha value is -1.13. The fraction of sp³-hybridized carbons (Fsp3) is 1.00. The lowest BCUT2D eigenvalue weighted by molar-refractivity contribution is 0.0142. The number of hydrogen-bond donors (Lipinski definition) is 1. The van der Waals surface area contributed by atoms with Gasteiger partial charge in [0.15, 0.2) is 0 Å². The Morgan fingerprint density at radius 2 is 1.22 bits per heavy atom. The molecule has 0 rings (SSSR count). The first-order chi connectivity index (χ1) is 11.4. The van der Waals surface area contributed by atoms with Gasteiger partial charge >= 0.3 is 0 Å². The van der Waals surface area contributed by atoms with E-state index in [-0.39, 0.29) is 6.61 Å². The average Bonchev–Trinajstić information content (AvgIpc) is 2.57. The molecule has 0 spiro atoms. The van der Waals surface area contributed by atoms with Crippen molar-refractivity contribution in [2.24, 2.45) is 5.28 Å². The third kappa shape index (κ3) is 20.9. The number of hydrogen-bond acceptors (Lipinski definition) is 8. The molecule has 0 aliphatic heterocycles. The minimum Gasteiger partial charge on any atom is -0.431 e. The second-order valence-corrected chi connectivity index (χ2v) is 4.20. The monoisotopic (exact) mass is 336 g/mol. The van der Waals surface area contributed by atoms with E-state index in [0.717, 1.165) is 13.1 Å². The van der Waals surface area contributed by atoms with Crippen LogP contribution in [0.3, 0.4) is 0 Å². The van der Waals surface area contributed by atoms with Crippen LogP contribution in [0.4, 0.5) is 0 Å². The van der Waals surface area contributed by atoms with E-state index in [0.29, 0.717) is 59.5 Å². The molecule has 0 amide bonds. The van der Waals surface area contributed by atoms with Crippen molar-refractivity contribution in [2.75, 3.05) is 86.3 Å². The minimum atomic E-state index is 0.239. The average molecular weight is 336 g/mol. The summed E-state index contributed by atoms with van der Waals surface area (Å²) in [5.74, 6) is 0. The molecule has 0 bridgehead atoms. The van der Waals surface area contributed by atoms with Gasteiger partial charge in [0.05, 0.1) is 59.5 Å². The highest BCUT2D eigenvalue weighted by Crippen LogP contribution is 1.82. The smallest absolute Gasteiger partial charge is 0.120 e. The van der Waals surface area contributed by atoms with E-state index in [1.165, 1.54) is 0 Å². The van der Waals surface area contributed by atoms with Crippen molar-refractivity contribution in [1.29, 1.82) is 0 Å². The van der Waals surface area contributed by atoms with Crippen LogP contribution in [0.5, 0.6) is 0 Å². The molecule has 0 aliphatic carbocycles. The Morgan fingerprint density at radius 1 is 0.739 bits per heavy atom. The molecule has 0 saturated carbocycles. The van der Waals surface area contributed by atoms with Gasteiger partial charge in [0.25, 0.3) is 0 Å². The Labute approximate surface area is 136 Å². The molecule has 23 heavy (non-hydrogen) atoms. The zero-order valence-electron chi connectivity index (χ0n) is 13.8. The molecule has 0 aromatic heterocycles. The van der Waals surface area contributed by atoms with Crippen molar-refractivity contribution in [3.8, 4) is 0 Å². The van der Waals surface area contributed by atoms with Crippen LogP contribution >= 0.6 is 0 Å². The van der Waals surface area contributed by atoms with E-state index in [4.69, 9.17) is 29.2 Å². The quantitative estimate of drug-likeness (QED) is 0.120. The van der Waals surface area contributed by atoms with Crippen LogP contribution in [0.15, 0.2) is 5.28 Å². The summed E-state index contributed by atoms with van der Waals surface area (Å²) < 4.78 is 26.1. The third-order valence-electron chi connectivity index (χ3n) is 2.44. The molecule has 0 aromatic carbocycles. The summed E-state index contributed by atoms with van der Waals surface area (Å²) in [6, 6.07) is 0. The molecule has 136 valence electrons. The number of methoxy groups -OCH3 is 1. The molecule has 0 heterocycles. The highest BCUT2D eigenvalue weighted by atomic mass is 16.7. The second kappa shape index (κ2) is 20.9. The van der Waals surface area contributed by atoms with Crippen LogP contribution in [0.25, 0.3) is 10.4 Å². The fourth-order valence-electron chi connectivity index (χ4n) is 1.36. The van der Waals surface area contributed by atoms with Crippen LogP contribution in [0, 0.1) is 0 Å². The van der Waals surface area contributed by atoms with Gasteiger partial charge in [-0.15, -0.1) is 0 Å². The molecule has 0 aliphatic rings. The number of ether oxygens (including phenoxy) is 5. The van der Waals surface area contributed by atoms with E-state index in [9.17, 15) is 0 Å². The highest BCUT2D eigenvalue weighted by molar-refractivity contribution is 4.45. The van der Waals surface area contributed by atoms with Gasteiger partial charge in [0, 0.05) is 25.1 Å². The Balaban J connectivity index is 2.96. The normalized spacial score (nSPS) is 10.5. The van der Waals surface area contributed by atoms with Crippen molar-refractivity contribution in [3.63, 3.8) is 0 Å². The summed E-state index contributed by atoms with van der Waals surface area (Å²) in [6.45, 7) is 6.75. The third-order valence-corrected chi connectivity index (χ3v) is 2.44. The molecule has 0 saturated heterocycles. The lowest BCUT2D eigenvalue weighted by Gasteiger charge is -2.08. The molecular formula is C13H28N4O6. The second-order valence-electron chi connectivity index (χ2n) is 4.20. The Morgan fingerprint density at radius 3 is 1.74 bits per heavy atom. The molecule has 1 N–H and O–H groups in total. The number of azide groups is 1.